The number of amides is 1. The molecule has 28 heavy (non-hydrogen) atoms. The highest BCUT2D eigenvalue weighted by Gasteiger charge is 2.14. The van der Waals surface area contributed by atoms with Gasteiger partial charge in [-0.25, -0.2) is 0 Å². The molecule has 0 saturated carbocycles. The van der Waals surface area contributed by atoms with E-state index in [0.29, 0.717) is 23.7 Å². The van der Waals surface area contributed by atoms with Crippen molar-refractivity contribution in [2.24, 2.45) is 5.16 Å². The zero-order chi connectivity index (χ0) is 20.5. The number of carbonyl (C=O) groups excluding carboxylic acids is 1. The van der Waals surface area contributed by atoms with E-state index in [4.69, 9.17) is 25.9 Å². The van der Waals surface area contributed by atoms with Crippen molar-refractivity contribution in [3.05, 3.63) is 57.1 Å². The highest BCUT2D eigenvalue weighted by atomic mass is 35.5. The van der Waals surface area contributed by atoms with Crippen LogP contribution in [0.2, 0.25) is 5.02 Å². The Morgan fingerprint density at radius 1 is 1.29 bits per heavy atom. The van der Waals surface area contributed by atoms with Gasteiger partial charge in [0.2, 0.25) is 0 Å². The number of rotatable bonds is 9. The van der Waals surface area contributed by atoms with E-state index >= 15 is 0 Å². The number of halogens is 1. The number of nitro benzene ring substituents is 1. The summed E-state index contributed by atoms with van der Waals surface area (Å²) in [4.78, 5) is 27.0. The lowest BCUT2D eigenvalue weighted by atomic mass is 10.2. The molecule has 0 unspecified atom stereocenters. The van der Waals surface area contributed by atoms with Crippen LogP contribution in [0.15, 0.2) is 41.6 Å². The molecular weight excluding hydrogens is 390 g/mol. The van der Waals surface area contributed by atoms with Crippen LogP contribution in [0, 0.1) is 10.1 Å². The second-order valence-electron chi connectivity index (χ2n) is 5.32. The van der Waals surface area contributed by atoms with Gasteiger partial charge in [-0.1, -0.05) is 16.8 Å². The van der Waals surface area contributed by atoms with Gasteiger partial charge in [0.05, 0.1) is 24.9 Å². The highest BCUT2D eigenvalue weighted by molar-refractivity contribution is 6.32. The number of hydrogen-bond acceptors (Lipinski definition) is 7. The molecule has 0 radical (unpaired) electrons. The summed E-state index contributed by atoms with van der Waals surface area (Å²) in [5.41, 5.74) is 0.613. The average molecular weight is 408 g/mol. The van der Waals surface area contributed by atoms with E-state index in [-0.39, 0.29) is 23.0 Å². The predicted octanol–water partition coefficient (Wildman–Crippen LogP) is 3.64. The minimum Gasteiger partial charge on any atom is -0.493 e. The Bertz CT molecular complexity index is 888. The third-order valence-electron chi connectivity index (χ3n) is 3.39. The first kappa shape index (κ1) is 21.0. The summed E-state index contributed by atoms with van der Waals surface area (Å²) in [7, 11) is 1.53. The molecule has 148 valence electrons. The molecule has 0 bridgehead atoms. The summed E-state index contributed by atoms with van der Waals surface area (Å²) in [5.74, 6) is 0.630. The number of methoxy groups -OCH3 is 1. The number of nitrogens with one attached hydrogen (secondary N) is 1. The van der Waals surface area contributed by atoms with Crippen LogP contribution in [0.25, 0.3) is 0 Å². The Kier molecular flexibility index (Phi) is 7.58. The molecule has 9 nitrogen and oxygen atoms in total. The van der Waals surface area contributed by atoms with Gasteiger partial charge in [0, 0.05) is 17.3 Å². The lowest BCUT2D eigenvalue weighted by Gasteiger charge is -2.09. The van der Waals surface area contributed by atoms with Gasteiger partial charge >= 0.3 is 0 Å². The van der Waals surface area contributed by atoms with Crippen LogP contribution in [0.5, 0.6) is 11.5 Å². The Labute approximate surface area is 166 Å². The minimum atomic E-state index is -0.635. The van der Waals surface area contributed by atoms with Gasteiger partial charge in [-0.2, -0.15) is 0 Å². The van der Waals surface area contributed by atoms with E-state index in [9.17, 15) is 14.9 Å². The molecule has 2 aromatic carbocycles. The van der Waals surface area contributed by atoms with Crippen LogP contribution in [0.4, 0.5) is 11.4 Å². The number of benzene rings is 2. The van der Waals surface area contributed by atoms with Crippen molar-refractivity contribution in [3.63, 3.8) is 0 Å². The number of anilines is 1. The number of nitro groups is 1. The largest absolute Gasteiger partial charge is 0.493 e. The standard InChI is InChI=1S/C18H18ClN3O6/c1-3-27-16-7-4-12(8-17(16)26-2)10-20-28-11-18(23)21-13-5-6-14(19)15(9-13)22(24)25/h4-10H,3,11H2,1-2H3,(H,21,23)/b20-10+. The summed E-state index contributed by atoms with van der Waals surface area (Å²) < 4.78 is 10.7. The quantitative estimate of drug-likeness (QED) is 0.385. The van der Waals surface area contributed by atoms with E-state index in [1.807, 2.05) is 6.92 Å². The van der Waals surface area contributed by atoms with Gasteiger partial charge in [0.1, 0.15) is 5.02 Å². The molecular formula is C18H18ClN3O6. The first-order chi connectivity index (χ1) is 13.4. The first-order valence-corrected chi connectivity index (χ1v) is 8.52. The SMILES string of the molecule is CCOc1ccc(/C=N/OCC(=O)Nc2ccc(Cl)c([N+](=O)[O-])c2)cc1OC. The second-order valence-corrected chi connectivity index (χ2v) is 5.73. The molecule has 0 aliphatic carbocycles. The second kappa shape index (κ2) is 10.1. The average Bonchev–Trinajstić information content (AvgIpc) is 2.67. The normalized spacial score (nSPS) is 10.5. The van der Waals surface area contributed by atoms with E-state index in [0.717, 1.165) is 6.07 Å². The van der Waals surface area contributed by atoms with Crippen LogP contribution in [0.1, 0.15) is 12.5 Å². The third kappa shape index (κ3) is 5.85. The van der Waals surface area contributed by atoms with E-state index in [1.54, 1.807) is 18.2 Å². The molecule has 1 amide bonds. The smallest absolute Gasteiger partial charge is 0.289 e. The van der Waals surface area contributed by atoms with Crippen LogP contribution < -0.4 is 14.8 Å². The first-order valence-electron chi connectivity index (χ1n) is 8.14. The summed E-state index contributed by atoms with van der Waals surface area (Å²) in [5, 5.41) is 17.0. The maximum atomic E-state index is 11.9. The molecule has 1 N–H and O–H groups in total. The van der Waals surface area contributed by atoms with E-state index in [1.165, 1.54) is 25.5 Å². The number of nitrogens with zero attached hydrogens (tertiary/aromatic N) is 2. The monoisotopic (exact) mass is 407 g/mol. The Morgan fingerprint density at radius 2 is 2.07 bits per heavy atom. The van der Waals surface area contributed by atoms with Gasteiger partial charge in [-0.15, -0.1) is 0 Å². The van der Waals surface area contributed by atoms with Crippen molar-refractivity contribution in [1.29, 1.82) is 0 Å². The summed E-state index contributed by atoms with van der Waals surface area (Å²) >= 11 is 5.72. The van der Waals surface area contributed by atoms with E-state index < -0.39 is 10.8 Å². The van der Waals surface area contributed by atoms with Crippen LogP contribution in [0.3, 0.4) is 0 Å². The molecule has 2 aromatic rings. The van der Waals surface area contributed by atoms with Gasteiger partial charge in [-0.3, -0.25) is 14.9 Å². The lowest BCUT2D eigenvalue weighted by Crippen LogP contribution is -2.17. The zero-order valence-electron chi connectivity index (χ0n) is 15.2. The van der Waals surface area contributed by atoms with Crippen molar-refractivity contribution >= 4 is 35.1 Å². The number of hydrogen-bond donors (Lipinski definition) is 1. The van der Waals surface area contributed by atoms with Crippen LogP contribution in [-0.4, -0.2) is 37.4 Å². The number of carbonyl (C=O) groups is 1. The molecule has 0 aliphatic heterocycles. The number of oxime groups is 1. The fraction of sp³-hybridized carbons (Fsp3) is 0.222. The Morgan fingerprint density at radius 3 is 2.75 bits per heavy atom. The van der Waals surface area contributed by atoms with E-state index in [2.05, 4.69) is 10.5 Å². The van der Waals surface area contributed by atoms with Crippen molar-refractivity contribution in [3.8, 4) is 11.5 Å². The van der Waals surface area contributed by atoms with Gasteiger partial charge < -0.3 is 19.6 Å². The lowest BCUT2D eigenvalue weighted by molar-refractivity contribution is -0.384. The fourth-order valence-electron chi connectivity index (χ4n) is 2.16. The summed E-state index contributed by atoms with van der Waals surface area (Å²) in [6.07, 6.45) is 1.42. The van der Waals surface area contributed by atoms with Crippen molar-refractivity contribution in [2.45, 2.75) is 6.92 Å². The van der Waals surface area contributed by atoms with Gasteiger partial charge in [-0.05, 0) is 37.3 Å². The summed E-state index contributed by atoms with van der Waals surface area (Å²) in [6.45, 7) is 2.01. The highest BCUT2D eigenvalue weighted by Crippen LogP contribution is 2.28. The van der Waals surface area contributed by atoms with Crippen molar-refractivity contribution in [1.82, 2.24) is 0 Å². The molecule has 0 aliphatic rings. The van der Waals surface area contributed by atoms with Crippen molar-refractivity contribution < 1.29 is 24.0 Å². The van der Waals surface area contributed by atoms with Gasteiger partial charge in [0.25, 0.3) is 11.6 Å². The fourth-order valence-corrected chi connectivity index (χ4v) is 2.35. The molecule has 0 heterocycles. The minimum absolute atomic E-state index is 0.0189. The van der Waals surface area contributed by atoms with Crippen LogP contribution >= 0.6 is 11.6 Å². The molecule has 0 aromatic heterocycles. The molecule has 10 heteroatoms. The Hall–Kier alpha value is -3.33. The molecule has 0 atom stereocenters. The van der Waals surface area contributed by atoms with Crippen molar-refractivity contribution in [2.75, 3.05) is 25.6 Å². The molecule has 0 saturated heterocycles. The predicted molar refractivity (Wildman–Crippen MR) is 104 cm³/mol. The molecule has 0 spiro atoms. The number of ether oxygens (including phenoxy) is 2. The maximum absolute atomic E-state index is 11.9. The third-order valence-corrected chi connectivity index (χ3v) is 3.71. The van der Waals surface area contributed by atoms with Crippen LogP contribution in [-0.2, 0) is 9.63 Å². The Balaban J connectivity index is 1.90. The molecule has 2 rings (SSSR count). The topological polar surface area (TPSA) is 112 Å². The molecule has 0 fully saturated rings. The zero-order valence-corrected chi connectivity index (χ0v) is 15.9. The van der Waals surface area contributed by atoms with Gasteiger partial charge in [0.15, 0.2) is 18.1 Å². The maximum Gasteiger partial charge on any atom is 0.289 e. The summed E-state index contributed by atoms with van der Waals surface area (Å²) in [6, 6.07) is 9.15.